The van der Waals surface area contributed by atoms with Gasteiger partial charge in [-0.2, -0.15) is 0 Å². The van der Waals surface area contributed by atoms with E-state index in [1.54, 1.807) is 4.90 Å². The van der Waals surface area contributed by atoms with Crippen molar-refractivity contribution >= 4 is 38.5 Å². The number of nitrogens with zero attached hydrogens (tertiary/aromatic N) is 2. The number of hydrogen-bond donors (Lipinski definition) is 1. The van der Waals surface area contributed by atoms with Crippen LogP contribution in [0.4, 0.5) is 10.5 Å². The summed E-state index contributed by atoms with van der Waals surface area (Å²) in [5, 5.41) is 11.8. The topological polar surface area (TPSA) is 43.8 Å². The van der Waals surface area contributed by atoms with E-state index >= 15 is 0 Å². The van der Waals surface area contributed by atoms with E-state index in [0.29, 0.717) is 0 Å². The molecule has 0 spiro atoms. The van der Waals surface area contributed by atoms with Gasteiger partial charge in [-0.3, -0.25) is 4.90 Å². The Morgan fingerprint density at radius 2 is 1.68 bits per heavy atom. The first-order valence-electron chi connectivity index (χ1n) is 7.57. The molecule has 2 aromatic rings. The number of rotatable bonds is 1. The molecule has 2 aromatic carbocycles. The number of carbonyl (C=O) groups is 1. The summed E-state index contributed by atoms with van der Waals surface area (Å²) < 4.78 is 1.08. The fourth-order valence-corrected chi connectivity index (χ4v) is 4.21. The SMILES string of the molecule is O=C(O)N1C2CCC1CN(c1ccc3cc(Br)ccc3c1)C2. The molecule has 5 heteroatoms. The Kier molecular flexibility index (Phi) is 3.26. The molecule has 0 radical (unpaired) electrons. The number of halogens is 1. The highest BCUT2D eigenvalue weighted by atomic mass is 79.9. The van der Waals surface area contributed by atoms with Crippen molar-refractivity contribution in [2.75, 3.05) is 18.0 Å². The number of anilines is 1. The Bertz CT molecular complexity index is 735. The van der Waals surface area contributed by atoms with Crippen molar-refractivity contribution in [3.8, 4) is 0 Å². The van der Waals surface area contributed by atoms with Gasteiger partial charge in [0.1, 0.15) is 0 Å². The van der Waals surface area contributed by atoms with Gasteiger partial charge in [0.05, 0.1) is 12.1 Å². The molecule has 4 rings (SSSR count). The predicted octanol–water partition coefficient (Wildman–Crippen LogP) is 3.93. The number of amides is 1. The molecule has 2 heterocycles. The van der Waals surface area contributed by atoms with Crippen LogP contribution in [0, 0.1) is 0 Å². The molecule has 0 saturated carbocycles. The minimum atomic E-state index is -0.768. The van der Waals surface area contributed by atoms with E-state index in [0.717, 1.165) is 30.4 Å². The number of piperazine rings is 1. The molecule has 2 saturated heterocycles. The standard InChI is InChI=1S/C17H17BrN2O2/c18-13-3-1-12-8-14(4-2-11(12)7-13)19-9-15-5-6-16(10-19)20(15)17(21)22/h1-4,7-8,15-16H,5-6,9-10H2,(H,21,22). The highest BCUT2D eigenvalue weighted by molar-refractivity contribution is 9.10. The minimum Gasteiger partial charge on any atom is -0.465 e. The van der Waals surface area contributed by atoms with Gasteiger partial charge in [0.25, 0.3) is 0 Å². The first-order valence-corrected chi connectivity index (χ1v) is 8.36. The third-order valence-electron chi connectivity index (χ3n) is 4.85. The summed E-state index contributed by atoms with van der Waals surface area (Å²) in [7, 11) is 0. The van der Waals surface area contributed by atoms with E-state index in [1.807, 2.05) is 0 Å². The quantitative estimate of drug-likeness (QED) is 0.837. The number of carboxylic acid groups (broad SMARTS) is 1. The fraction of sp³-hybridized carbons (Fsp3) is 0.353. The highest BCUT2D eigenvalue weighted by Gasteiger charge is 2.42. The number of fused-ring (bicyclic) bond motifs is 3. The van der Waals surface area contributed by atoms with Crippen molar-refractivity contribution in [1.29, 1.82) is 0 Å². The summed E-state index contributed by atoms with van der Waals surface area (Å²) >= 11 is 3.50. The fourth-order valence-electron chi connectivity index (χ4n) is 3.83. The molecule has 114 valence electrons. The van der Waals surface area contributed by atoms with E-state index < -0.39 is 6.09 Å². The van der Waals surface area contributed by atoms with Crippen LogP contribution in [0.5, 0.6) is 0 Å². The zero-order valence-corrected chi connectivity index (χ0v) is 13.7. The van der Waals surface area contributed by atoms with Gasteiger partial charge in [0.15, 0.2) is 0 Å². The Morgan fingerprint density at radius 1 is 1.05 bits per heavy atom. The molecule has 0 aliphatic carbocycles. The average Bonchev–Trinajstić information content (AvgIpc) is 2.77. The molecule has 1 N–H and O–H groups in total. The van der Waals surface area contributed by atoms with Crippen LogP contribution < -0.4 is 4.90 Å². The zero-order valence-electron chi connectivity index (χ0n) is 12.1. The van der Waals surface area contributed by atoms with E-state index in [4.69, 9.17) is 0 Å². The van der Waals surface area contributed by atoms with Gasteiger partial charge >= 0.3 is 6.09 Å². The van der Waals surface area contributed by atoms with Crippen LogP contribution in [-0.2, 0) is 0 Å². The molecule has 2 atom stereocenters. The van der Waals surface area contributed by atoms with E-state index in [1.165, 1.54) is 16.5 Å². The molecule has 2 aliphatic rings. The minimum absolute atomic E-state index is 0.136. The third-order valence-corrected chi connectivity index (χ3v) is 5.35. The van der Waals surface area contributed by atoms with Crippen molar-refractivity contribution in [2.45, 2.75) is 24.9 Å². The molecule has 22 heavy (non-hydrogen) atoms. The van der Waals surface area contributed by atoms with Crippen molar-refractivity contribution in [3.63, 3.8) is 0 Å². The second-order valence-corrected chi connectivity index (χ2v) is 7.07. The Labute approximate surface area is 137 Å². The van der Waals surface area contributed by atoms with Gasteiger partial charge in [-0.1, -0.05) is 28.1 Å². The largest absolute Gasteiger partial charge is 0.465 e. The van der Waals surface area contributed by atoms with Crippen molar-refractivity contribution in [2.24, 2.45) is 0 Å². The zero-order chi connectivity index (χ0) is 15.3. The molecule has 4 nitrogen and oxygen atoms in total. The lowest BCUT2D eigenvalue weighted by Gasteiger charge is -2.40. The predicted molar refractivity (Wildman–Crippen MR) is 90.5 cm³/mol. The second-order valence-electron chi connectivity index (χ2n) is 6.16. The lowest BCUT2D eigenvalue weighted by Crippen LogP contribution is -2.55. The third kappa shape index (κ3) is 2.24. The molecular formula is C17H17BrN2O2. The number of benzene rings is 2. The summed E-state index contributed by atoms with van der Waals surface area (Å²) in [5.41, 5.74) is 1.19. The van der Waals surface area contributed by atoms with E-state index in [-0.39, 0.29) is 12.1 Å². The first kappa shape index (κ1) is 13.9. The van der Waals surface area contributed by atoms with Crippen LogP contribution in [0.25, 0.3) is 10.8 Å². The molecule has 2 unspecified atom stereocenters. The maximum Gasteiger partial charge on any atom is 0.407 e. The lowest BCUT2D eigenvalue weighted by atomic mass is 10.1. The van der Waals surface area contributed by atoms with Crippen LogP contribution >= 0.6 is 15.9 Å². The van der Waals surface area contributed by atoms with Crippen LogP contribution in [0.15, 0.2) is 40.9 Å². The molecule has 2 bridgehead atoms. The smallest absolute Gasteiger partial charge is 0.407 e. The molecular weight excluding hydrogens is 344 g/mol. The van der Waals surface area contributed by atoms with Gasteiger partial charge in [-0.15, -0.1) is 0 Å². The van der Waals surface area contributed by atoms with Gasteiger partial charge in [0.2, 0.25) is 0 Å². The van der Waals surface area contributed by atoms with Crippen molar-refractivity contribution in [3.05, 3.63) is 40.9 Å². The second kappa shape index (κ2) is 5.16. The maximum absolute atomic E-state index is 11.4. The molecule has 2 fully saturated rings. The van der Waals surface area contributed by atoms with Crippen LogP contribution in [0.2, 0.25) is 0 Å². The van der Waals surface area contributed by atoms with Crippen molar-refractivity contribution in [1.82, 2.24) is 4.90 Å². The van der Waals surface area contributed by atoms with Gasteiger partial charge < -0.3 is 10.0 Å². The maximum atomic E-state index is 11.4. The summed E-state index contributed by atoms with van der Waals surface area (Å²) in [5.74, 6) is 0. The molecule has 1 amide bonds. The summed E-state index contributed by atoms with van der Waals surface area (Å²) in [6, 6.07) is 13.0. The molecule has 0 aromatic heterocycles. The highest BCUT2D eigenvalue weighted by Crippen LogP contribution is 2.34. The Balaban J connectivity index is 1.63. The average molecular weight is 361 g/mol. The normalized spacial score (nSPS) is 24.0. The summed E-state index contributed by atoms with van der Waals surface area (Å²) in [6.07, 6.45) is 1.19. The summed E-state index contributed by atoms with van der Waals surface area (Å²) in [6.45, 7) is 1.59. The first-order chi connectivity index (χ1) is 10.6. The number of hydrogen-bond acceptors (Lipinski definition) is 2. The van der Waals surface area contributed by atoms with Gasteiger partial charge in [-0.25, -0.2) is 4.79 Å². The molecule has 2 aliphatic heterocycles. The van der Waals surface area contributed by atoms with Crippen LogP contribution in [0.3, 0.4) is 0 Å². The van der Waals surface area contributed by atoms with Gasteiger partial charge in [0, 0.05) is 23.2 Å². The van der Waals surface area contributed by atoms with Crippen LogP contribution in [0.1, 0.15) is 12.8 Å². The lowest BCUT2D eigenvalue weighted by molar-refractivity contribution is 0.115. The van der Waals surface area contributed by atoms with E-state index in [9.17, 15) is 9.90 Å². The Morgan fingerprint density at radius 3 is 2.36 bits per heavy atom. The monoisotopic (exact) mass is 360 g/mol. The van der Waals surface area contributed by atoms with E-state index in [2.05, 4.69) is 57.2 Å². The van der Waals surface area contributed by atoms with Crippen molar-refractivity contribution < 1.29 is 9.90 Å². The van der Waals surface area contributed by atoms with Gasteiger partial charge in [-0.05, 0) is 47.9 Å². The summed E-state index contributed by atoms with van der Waals surface area (Å²) in [4.78, 5) is 15.4. The van der Waals surface area contributed by atoms with Crippen LogP contribution in [-0.4, -0.2) is 41.3 Å². The Hall–Kier alpha value is -1.75.